The Bertz CT molecular complexity index is 974. The fourth-order valence-electron chi connectivity index (χ4n) is 3.61. The maximum absolute atomic E-state index is 13.2. The van der Waals surface area contributed by atoms with E-state index in [1.165, 1.54) is 0 Å². The van der Waals surface area contributed by atoms with E-state index >= 15 is 0 Å². The van der Waals surface area contributed by atoms with Gasteiger partial charge in [0.1, 0.15) is 11.5 Å². The summed E-state index contributed by atoms with van der Waals surface area (Å²) < 4.78 is 10.7. The molecule has 0 atom stereocenters. The summed E-state index contributed by atoms with van der Waals surface area (Å²) in [5.41, 5.74) is 4.21. The Morgan fingerprint density at radius 2 is 1.70 bits per heavy atom. The quantitative estimate of drug-likeness (QED) is 0.561. The lowest BCUT2D eigenvalue weighted by Crippen LogP contribution is -2.32. The number of carbonyl (C=O) groups excluding carboxylic acids is 1. The second-order valence-corrected chi connectivity index (χ2v) is 6.92. The topological polar surface area (TPSA) is 88.3 Å². The van der Waals surface area contributed by atoms with Crippen molar-refractivity contribution in [1.29, 1.82) is 0 Å². The van der Waals surface area contributed by atoms with Gasteiger partial charge < -0.3 is 20.1 Å². The average molecular weight is 429 g/mol. The molecule has 1 aliphatic rings. The molecule has 0 fully saturated rings. The number of rotatable bonds is 6. The molecule has 2 aromatic carbocycles. The van der Waals surface area contributed by atoms with Gasteiger partial charge in [0.2, 0.25) is 0 Å². The molecule has 8 heteroatoms. The van der Waals surface area contributed by atoms with Crippen molar-refractivity contribution in [2.75, 3.05) is 20.8 Å². The average Bonchev–Trinajstić information content (AvgIpc) is 3.21. The van der Waals surface area contributed by atoms with Crippen molar-refractivity contribution in [2.45, 2.75) is 19.0 Å². The molecule has 0 radical (unpaired) electrons. The van der Waals surface area contributed by atoms with E-state index in [2.05, 4.69) is 20.8 Å². The van der Waals surface area contributed by atoms with Gasteiger partial charge in [-0.05, 0) is 35.4 Å². The van der Waals surface area contributed by atoms with Crippen LogP contribution < -0.4 is 20.1 Å². The predicted molar refractivity (Wildman–Crippen MR) is 117 cm³/mol. The highest BCUT2D eigenvalue weighted by Gasteiger charge is 2.25. The summed E-state index contributed by atoms with van der Waals surface area (Å²) in [4.78, 5) is 13.2. The standard InChI is InChI=1S/C22H24N4O3.ClH/c1-28-16-7-3-5-14(11-16)20(15-6-4-8-17(12-15)29-2)24-22(27)21-18-13-23-10-9-19(18)25-26-21;/h3-8,11-12,20,23H,9-10,13H2,1-2H3,(H,24,27)(H,25,26);1H. The summed E-state index contributed by atoms with van der Waals surface area (Å²) in [6, 6.07) is 15.0. The predicted octanol–water partition coefficient (Wildman–Crippen LogP) is 3.01. The van der Waals surface area contributed by atoms with Crippen LogP contribution in [-0.4, -0.2) is 36.9 Å². The molecule has 0 unspecified atom stereocenters. The van der Waals surface area contributed by atoms with Crippen molar-refractivity contribution >= 4 is 18.3 Å². The van der Waals surface area contributed by atoms with Gasteiger partial charge in [0, 0.05) is 30.8 Å². The monoisotopic (exact) mass is 428 g/mol. The number of amides is 1. The van der Waals surface area contributed by atoms with Gasteiger partial charge in [-0.25, -0.2) is 0 Å². The summed E-state index contributed by atoms with van der Waals surface area (Å²) >= 11 is 0. The molecule has 1 amide bonds. The number of nitrogens with zero attached hydrogens (tertiary/aromatic N) is 1. The number of aromatic amines is 1. The molecule has 0 saturated carbocycles. The van der Waals surface area contributed by atoms with E-state index in [0.717, 1.165) is 46.8 Å². The highest BCUT2D eigenvalue weighted by atomic mass is 35.5. The third-order valence-corrected chi connectivity index (χ3v) is 5.15. The molecule has 0 saturated heterocycles. The molecule has 30 heavy (non-hydrogen) atoms. The molecule has 158 valence electrons. The highest BCUT2D eigenvalue weighted by molar-refractivity contribution is 5.94. The lowest BCUT2D eigenvalue weighted by atomic mass is 9.97. The molecule has 0 spiro atoms. The van der Waals surface area contributed by atoms with Crippen LogP contribution in [-0.2, 0) is 13.0 Å². The SMILES string of the molecule is COc1cccc(C(NC(=O)c2n[nH]c3c2CNCC3)c2cccc(OC)c2)c1.Cl. The molecular formula is C22H25ClN4O3. The first-order chi connectivity index (χ1) is 14.2. The van der Waals surface area contributed by atoms with Gasteiger partial charge in [0.25, 0.3) is 5.91 Å². The van der Waals surface area contributed by atoms with Gasteiger partial charge >= 0.3 is 0 Å². The fourth-order valence-corrected chi connectivity index (χ4v) is 3.61. The number of hydrogen-bond donors (Lipinski definition) is 3. The summed E-state index contributed by atoms with van der Waals surface area (Å²) in [5, 5.41) is 13.7. The Morgan fingerprint density at radius 1 is 1.07 bits per heavy atom. The van der Waals surface area contributed by atoms with E-state index in [4.69, 9.17) is 9.47 Å². The van der Waals surface area contributed by atoms with Crippen LogP contribution in [0.15, 0.2) is 48.5 Å². The molecule has 0 aliphatic carbocycles. The Morgan fingerprint density at radius 3 is 2.30 bits per heavy atom. The minimum Gasteiger partial charge on any atom is -0.497 e. The van der Waals surface area contributed by atoms with Gasteiger partial charge in [-0.15, -0.1) is 12.4 Å². The van der Waals surface area contributed by atoms with Crippen molar-refractivity contribution in [3.63, 3.8) is 0 Å². The lowest BCUT2D eigenvalue weighted by Gasteiger charge is -2.21. The van der Waals surface area contributed by atoms with Gasteiger partial charge in [-0.3, -0.25) is 9.89 Å². The second-order valence-electron chi connectivity index (χ2n) is 6.92. The number of fused-ring (bicyclic) bond motifs is 1. The van der Waals surface area contributed by atoms with Crippen molar-refractivity contribution < 1.29 is 14.3 Å². The van der Waals surface area contributed by atoms with Gasteiger partial charge in [-0.2, -0.15) is 5.10 Å². The first-order valence-electron chi connectivity index (χ1n) is 9.55. The van der Waals surface area contributed by atoms with Gasteiger partial charge in [-0.1, -0.05) is 24.3 Å². The van der Waals surface area contributed by atoms with Crippen LogP contribution in [0.4, 0.5) is 0 Å². The summed E-state index contributed by atoms with van der Waals surface area (Å²) in [7, 11) is 3.25. The van der Waals surface area contributed by atoms with E-state index in [1.807, 2.05) is 48.5 Å². The lowest BCUT2D eigenvalue weighted by molar-refractivity contribution is 0.0936. The zero-order valence-corrected chi connectivity index (χ0v) is 17.7. The second kappa shape index (κ2) is 9.65. The minimum absolute atomic E-state index is 0. The van der Waals surface area contributed by atoms with E-state index < -0.39 is 0 Å². The number of benzene rings is 2. The largest absolute Gasteiger partial charge is 0.497 e. The molecule has 0 bridgehead atoms. The van der Waals surface area contributed by atoms with Crippen LogP contribution in [0.1, 0.15) is 38.9 Å². The highest BCUT2D eigenvalue weighted by Crippen LogP contribution is 2.28. The number of methoxy groups -OCH3 is 2. The third-order valence-electron chi connectivity index (χ3n) is 5.15. The molecular weight excluding hydrogens is 404 g/mol. The molecule has 1 aliphatic heterocycles. The van der Waals surface area contributed by atoms with E-state index in [9.17, 15) is 4.79 Å². The molecule has 3 N–H and O–H groups in total. The van der Waals surface area contributed by atoms with E-state index in [1.54, 1.807) is 14.2 Å². The van der Waals surface area contributed by atoms with Gasteiger partial charge in [0.15, 0.2) is 5.69 Å². The molecule has 7 nitrogen and oxygen atoms in total. The van der Waals surface area contributed by atoms with Crippen LogP contribution in [0.2, 0.25) is 0 Å². The normalized spacial score (nSPS) is 12.6. The number of aromatic nitrogens is 2. The van der Waals surface area contributed by atoms with E-state index in [-0.39, 0.29) is 24.4 Å². The molecule has 2 heterocycles. The van der Waals surface area contributed by atoms with Crippen LogP contribution in [0.3, 0.4) is 0 Å². The maximum atomic E-state index is 13.2. The number of halogens is 1. The first-order valence-corrected chi connectivity index (χ1v) is 9.55. The van der Waals surface area contributed by atoms with Crippen molar-refractivity contribution in [3.8, 4) is 11.5 Å². The molecule has 3 aromatic rings. The fraction of sp³-hybridized carbons (Fsp3) is 0.273. The minimum atomic E-state index is -0.378. The smallest absolute Gasteiger partial charge is 0.272 e. The zero-order chi connectivity index (χ0) is 20.2. The first kappa shape index (κ1) is 21.7. The molecule has 4 rings (SSSR count). The Hall–Kier alpha value is -3.03. The third kappa shape index (κ3) is 4.42. The summed E-state index contributed by atoms with van der Waals surface area (Å²) in [5.74, 6) is 1.24. The Balaban J connectivity index is 0.00000256. The Labute approximate surface area is 181 Å². The van der Waals surface area contributed by atoms with Crippen LogP contribution in [0, 0.1) is 0 Å². The van der Waals surface area contributed by atoms with E-state index in [0.29, 0.717) is 12.2 Å². The molecule has 1 aromatic heterocycles. The van der Waals surface area contributed by atoms with Crippen molar-refractivity contribution in [1.82, 2.24) is 20.8 Å². The van der Waals surface area contributed by atoms with Crippen LogP contribution >= 0.6 is 12.4 Å². The van der Waals surface area contributed by atoms with Crippen molar-refractivity contribution in [3.05, 3.63) is 76.6 Å². The zero-order valence-electron chi connectivity index (χ0n) is 16.9. The number of carbonyl (C=O) groups is 1. The number of H-pyrrole nitrogens is 1. The van der Waals surface area contributed by atoms with Crippen molar-refractivity contribution in [2.24, 2.45) is 0 Å². The Kier molecular flexibility index (Phi) is 6.97. The van der Waals surface area contributed by atoms with Crippen LogP contribution in [0.25, 0.3) is 0 Å². The number of nitrogens with one attached hydrogen (secondary N) is 3. The van der Waals surface area contributed by atoms with Crippen LogP contribution in [0.5, 0.6) is 11.5 Å². The summed E-state index contributed by atoms with van der Waals surface area (Å²) in [6.07, 6.45) is 0.838. The number of ether oxygens (including phenoxy) is 2. The maximum Gasteiger partial charge on any atom is 0.272 e. The summed E-state index contributed by atoms with van der Waals surface area (Å²) in [6.45, 7) is 1.52. The van der Waals surface area contributed by atoms with Gasteiger partial charge in [0.05, 0.1) is 20.3 Å². The number of hydrogen-bond acceptors (Lipinski definition) is 5.